The highest BCUT2D eigenvalue weighted by Crippen LogP contribution is 2.36. The van der Waals surface area contributed by atoms with Gasteiger partial charge in [0, 0.05) is 22.8 Å². The molecule has 140 valence electrons. The van der Waals surface area contributed by atoms with Crippen molar-refractivity contribution in [2.75, 3.05) is 25.3 Å². The lowest BCUT2D eigenvalue weighted by Gasteiger charge is -2.14. The van der Waals surface area contributed by atoms with E-state index in [9.17, 15) is 4.79 Å². The van der Waals surface area contributed by atoms with E-state index < -0.39 is 0 Å². The number of carbonyl (C=O) groups is 1. The van der Waals surface area contributed by atoms with Crippen LogP contribution in [0.25, 0.3) is 10.2 Å². The van der Waals surface area contributed by atoms with E-state index in [-0.39, 0.29) is 5.91 Å². The lowest BCUT2D eigenvalue weighted by atomic mass is 9.95. The van der Waals surface area contributed by atoms with Crippen LogP contribution in [0.3, 0.4) is 0 Å². The second kappa shape index (κ2) is 7.08. The second-order valence-corrected chi connectivity index (χ2v) is 7.52. The number of fused-ring (bicyclic) bond motifs is 2. The van der Waals surface area contributed by atoms with Crippen molar-refractivity contribution in [3.8, 4) is 11.5 Å². The maximum atomic E-state index is 12.8. The van der Waals surface area contributed by atoms with E-state index in [0.29, 0.717) is 27.8 Å². The molecule has 0 bridgehead atoms. The Balaban J connectivity index is 1.65. The minimum atomic E-state index is -0.249. The van der Waals surface area contributed by atoms with E-state index in [1.165, 1.54) is 29.7 Å². The van der Waals surface area contributed by atoms with Crippen LogP contribution in [0.2, 0.25) is 0 Å². The lowest BCUT2D eigenvalue weighted by Crippen LogP contribution is -2.12. The molecule has 7 heteroatoms. The summed E-state index contributed by atoms with van der Waals surface area (Å²) in [4.78, 5) is 18.9. The molecule has 0 aliphatic heterocycles. The molecule has 27 heavy (non-hydrogen) atoms. The second-order valence-electron chi connectivity index (χ2n) is 6.52. The Hall–Kier alpha value is -2.80. The van der Waals surface area contributed by atoms with Crippen molar-refractivity contribution >= 4 is 38.8 Å². The number of nitrogen functional groups attached to an aromatic ring is 1. The van der Waals surface area contributed by atoms with Gasteiger partial charge in [-0.2, -0.15) is 0 Å². The van der Waals surface area contributed by atoms with Crippen molar-refractivity contribution in [2.45, 2.75) is 25.7 Å². The summed E-state index contributed by atoms with van der Waals surface area (Å²) < 4.78 is 10.5. The molecule has 0 saturated heterocycles. The Kier molecular flexibility index (Phi) is 4.61. The quantitative estimate of drug-likeness (QED) is 0.710. The van der Waals surface area contributed by atoms with Gasteiger partial charge < -0.3 is 20.5 Å². The van der Waals surface area contributed by atoms with Gasteiger partial charge in [0.05, 0.1) is 19.9 Å². The number of thiophene rings is 1. The average molecular weight is 383 g/mol. The summed E-state index contributed by atoms with van der Waals surface area (Å²) in [6, 6.07) is 7.34. The summed E-state index contributed by atoms with van der Waals surface area (Å²) in [7, 11) is 3.13. The molecule has 2 heterocycles. The molecule has 6 nitrogen and oxygen atoms in total. The zero-order chi connectivity index (χ0) is 19.0. The number of rotatable bonds is 4. The van der Waals surface area contributed by atoms with Gasteiger partial charge in [0.25, 0.3) is 5.91 Å². The summed E-state index contributed by atoms with van der Waals surface area (Å²) >= 11 is 1.34. The molecule has 0 atom stereocenters. The molecule has 4 rings (SSSR count). The summed E-state index contributed by atoms with van der Waals surface area (Å²) in [5.41, 5.74) is 9.80. The van der Waals surface area contributed by atoms with Gasteiger partial charge in [-0.05, 0) is 49.4 Å². The highest BCUT2D eigenvalue weighted by molar-refractivity contribution is 7.21. The van der Waals surface area contributed by atoms with Crippen LogP contribution in [0.4, 0.5) is 11.4 Å². The monoisotopic (exact) mass is 383 g/mol. The SMILES string of the molecule is COc1ccc(NC(=O)c2sc3nc4c(cc3c2N)CCCC4)cc1OC. The van der Waals surface area contributed by atoms with E-state index >= 15 is 0 Å². The van der Waals surface area contributed by atoms with Crippen LogP contribution in [0.1, 0.15) is 33.8 Å². The van der Waals surface area contributed by atoms with Crippen molar-refractivity contribution < 1.29 is 14.3 Å². The Labute approximate surface area is 161 Å². The van der Waals surface area contributed by atoms with E-state index in [4.69, 9.17) is 20.2 Å². The Bertz CT molecular complexity index is 1030. The number of nitrogens with one attached hydrogen (secondary N) is 1. The van der Waals surface area contributed by atoms with E-state index in [2.05, 4.69) is 11.4 Å². The molecule has 1 aliphatic carbocycles. The fraction of sp³-hybridized carbons (Fsp3) is 0.300. The van der Waals surface area contributed by atoms with Crippen LogP contribution >= 0.6 is 11.3 Å². The Morgan fingerprint density at radius 3 is 2.70 bits per heavy atom. The number of aryl methyl sites for hydroxylation is 2. The topological polar surface area (TPSA) is 86.5 Å². The number of nitrogens with zero attached hydrogens (tertiary/aromatic N) is 1. The zero-order valence-electron chi connectivity index (χ0n) is 15.3. The van der Waals surface area contributed by atoms with Crippen LogP contribution in [-0.2, 0) is 12.8 Å². The van der Waals surface area contributed by atoms with Crippen molar-refractivity contribution in [1.82, 2.24) is 4.98 Å². The predicted molar refractivity (Wildman–Crippen MR) is 108 cm³/mol. The van der Waals surface area contributed by atoms with Crippen LogP contribution in [0, 0.1) is 0 Å². The smallest absolute Gasteiger partial charge is 0.267 e. The fourth-order valence-corrected chi connectivity index (χ4v) is 4.42. The number of amides is 1. The molecular weight excluding hydrogens is 362 g/mol. The third kappa shape index (κ3) is 3.19. The van der Waals surface area contributed by atoms with Gasteiger partial charge in [-0.25, -0.2) is 4.98 Å². The summed E-state index contributed by atoms with van der Waals surface area (Å²) in [6.07, 6.45) is 4.37. The van der Waals surface area contributed by atoms with Crippen LogP contribution in [0.15, 0.2) is 24.3 Å². The van der Waals surface area contributed by atoms with E-state index in [0.717, 1.165) is 28.8 Å². The molecule has 0 saturated carbocycles. The Morgan fingerprint density at radius 2 is 1.93 bits per heavy atom. The molecule has 3 N–H and O–H groups in total. The maximum Gasteiger partial charge on any atom is 0.267 e. The van der Waals surface area contributed by atoms with Crippen LogP contribution in [0.5, 0.6) is 11.5 Å². The Morgan fingerprint density at radius 1 is 1.15 bits per heavy atom. The van der Waals surface area contributed by atoms with Crippen molar-refractivity contribution in [3.05, 3.63) is 40.4 Å². The number of aromatic nitrogens is 1. The lowest BCUT2D eigenvalue weighted by molar-refractivity contribution is 0.103. The number of anilines is 2. The van der Waals surface area contributed by atoms with E-state index in [1.807, 2.05) is 0 Å². The number of pyridine rings is 1. The van der Waals surface area contributed by atoms with Gasteiger partial charge in [-0.1, -0.05) is 0 Å². The first-order chi connectivity index (χ1) is 13.1. The molecular formula is C20H21N3O3S. The van der Waals surface area contributed by atoms with Gasteiger partial charge in [0.1, 0.15) is 9.71 Å². The van der Waals surface area contributed by atoms with Crippen LogP contribution < -0.4 is 20.5 Å². The van der Waals surface area contributed by atoms with Crippen molar-refractivity contribution in [2.24, 2.45) is 0 Å². The molecule has 3 aromatic rings. The molecule has 0 fully saturated rings. The largest absolute Gasteiger partial charge is 0.493 e. The van der Waals surface area contributed by atoms with Crippen molar-refractivity contribution in [3.63, 3.8) is 0 Å². The summed E-state index contributed by atoms with van der Waals surface area (Å²) in [5, 5.41) is 3.76. The van der Waals surface area contributed by atoms with Gasteiger partial charge in [0.15, 0.2) is 11.5 Å². The van der Waals surface area contributed by atoms with Gasteiger partial charge >= 0.3 is 0 Å². The molecule has 0 radical (unpaired) electrons. The minimum absolute atomic E-state index is 0.249. The van der Waals surface area contributed by atoms with E-state index in [1.54, 1.807) is 32.4 Å². The number of hydrogen-bond donors (Lipinski definition) is 2. The fourth-order valence-electron chi connectivity index (χ4n) is 3.43. The highest BCUT2D eigenvalue weighted by Gasteiger charge is 2.21. The number of ether oxygens (including phenoxy) is 2. The molecule has 2 aromatic heterocycles. The molecule has 0 unspecified atom stereocenters. The average Bonchev–Trinajstić information content (AvgIpc) is 3.02. The van der Waals surface area contributed by atoms with Crippen molar-refractivity contribution in [1.29, 1.82) is 0 Å². The highest BCUT2D eigenvalue weighted by atomic mass is 32.1. The summed E-state index contributed by atoms with van der Waals surface area (Å²) in [6.45, 7) is 0. The number of hydrogen-bond acceptors (Lipinski definition) is 6. The molecule has 1 amide bonds. The number of nitrogens with two attached hydrogens (primary N) is 1. The summed E-state index contributed by atoms with van der Waals surface area (Å²) in [5.74, 6) is 0.904. The molecule has 1 aromatic carbocycles. The first kappa shape index (κ1) is 17.6. The van der Waals surface area contributed by atoms with Gasteiger partial charge in [-0.15, -0.1) is 11.3 Å². The zero-order valence-corrected chi connectivity index (χ0v) is 16.1. The third-order valence-electron chi connectivity index (χ3n) is 4.85. The van der Waals surface area contributed by atoms with Crippen LogP contribution in [-0.4, -0.2) is 25.1 Å². The number of carbonyl (C=O) groups excluding carboxylic acids is 1. The normalized spacial score (nSPS) is 13.3. The first-order valence-corrected chi connectivity index (χ1v) is 9.66. The molecule has 0 spiro atoms. The first-order valence-electron chi connectivity index (χ1n) is 8.85. The maximum absolute atomic E-state index is 12.8. The predicted octanol–water partition coefficient (Wildman–Crippen LogP) is 4.03. The number of methoxy groups -OCH3 is 2. The van der Waals surface area contributed by atoms with Gasteiger partial charge in [-0.3, -0.25) is 4.79 Å². The minimum Gasteiger partial charge on any atom is -0.493 e. The number of benzene rings is 1. The standard InChI is InChI=1S/C20H21N3O3S/c1-25-15-8-7-12(10-16(15)26-2)22-19(24)18-17(21)13-9-11-5-3-4-6-14(11)23-20(13)27-18/h7-10H,3-6,21H2,1-2H3,(H,22,24). The molecule has 1 aliphatic rings. The third-order valence-corrected chi connectivity index (χ3v) is 5.96. The van der Waals surface area contributed by atoms with Gasteiger partial charge in [0.2, 0.25) is 0 Å².